The molecule has 0 aliphatic rings. The molecule has 0 unspecified atom stereocenters. The summed E-state index contributed by atoms with van der Waals surface area (Å²) in [4.78, 5) is 23.7. The highest BCUT2D eigenvalue weighted by Gasteiger charge is 2.08. The molecule has 0 saturated carbocycles. The predicted molar refractivity (Wildman–Crippen MR) is 81.7 cm³/mol. The minimum absolute atomic E-state index is 0.0540. The third kappa shape index (κ3) is 12.0. The SMILES string of the molecule is CCCCCCCCCCN(CCCC(=O)O)C(C)=O. The average Bonchev–Trinajstić information content (AvgIpc) is 2.39. The van der Waals surface area contributed by atoms with Crippen molar-refractivity contribution in [3.05, 3.63) is 0 Å². The molecule has 0 fully saturated rings. The first kappa shape index (κ1) is 18.9. The van der Waals surface area contributed by atoms with Crippen molar-refractivity contribution in [3.63, 3.8) is 0 Å². The molecule has 0 rings (SSSR count). The van der Waals surface area contributed by atoms with Crippen molar-refractivity contribution < 1.29 is 14.7 Å². The van der Waals surface area contributed by atoms with E-state index in [2.05, 4.69) is 6.92 Å². The van der Waals surface area contributed by atoms with Gasteiger partial charge in [0.25, 0.3) is 0 Å². The van der Waals surface area contributed by atoms with E-state index in [1.807, 2.05) is 0 Å². The minimum Gasteiger partial charge on any atom is -0.481 e. The van der Waals surface area contributed by atoms with E-state index in [4.69, 9.17) is 5.11 Å². The number of rotatable bonds is 13. The van der Waals surface area contributed by atoms with E-state index in [0.717, 1.165) is 19.4 Å². The maximum absolute atomic E-state index is 11.4. The van der Waals surface area contributed by atoms with Gasteiger partial charge in [0.15, 0.2) is 0 Å². The predicted octanol–water partition coefficient (Wildman–Crippen LogP) is 3.84. The van der Waals surface area contributed by atoms with Gasteiger partial charge in [0.1, 0.15) is 0 Å². The molecule has 20 heavy (non-hydrogen) atoms. The summed E-state index contributed by atoms with van der Waals surface area (Å²) in [6.45, 7) is 5.12. The van der Waals surface area contributed by atoms with Gasteiger partial charge in [-0.2, -0.15) is 0 Å². The van der Waals surface area contributed by atoms with Gasteiger partial charge in [0, 0.05) is 26.4 Å². The van der Waals surface area contributed by atoms with Gasteiger partial charge in [0.05, 0.1) is 0 Å². The van der Waals surface area contributed by atoms with Crippen molar-refractivity contribution >= 4 is 11.9 Å². The van der Waals surface area contributed by atoms with Crippen LogP contribution in [-0.2, 0) is 9.59 Å². The van der Waals surface area contributed by atoms with E-state index in [1.54, 1.807) is 11.8 Å². The molecule has 0 aromatic rings. The number of unbranched alkanes of at least 4 members (excludes halogenated alkanes) is 7. The number of hydrogen-bond donors (Lipinski definition) is 1. The van der Waals surface area contributed by atoms with E-state index >= 15 is 0 Å². The number of carbonyl (C=O) groups is 2. The van der Waals surface area contributed by atoms with Crippen molar-refractivity contribution in [1.82, 2.24) is 4.90 Å². The zero-order chi connectivity index (χ0) is 15.2. The molecule has 0 aromatic heterocycles. The molecule has 0 aromatic carbocycles. The Labute approximate surface area is 123 Å². The minimum atomic E-state index is -0.791. The van der Waals surface area contributed by atoms with Crippen LogP contribution in [0.5, 0.6) is 0 Å². The first-order chi connectivity index (χ1) is 9.57. The third-order valence-corrected chi connectivity index (χ3v) is 3.55. The number of hydrogen-bond acceptors (Lipinski definition) is 2. The van der Waals surface area contributed by atoms with Crippen molar-refractivity contribution in [2.75, 3.05) is 13.1 Å². The zero-order valence-corrected chi connectivity index (χ0v) is 13.2. The van der Waals surface area contributed by atoms with Crippen molar-refractivity contribution in [3.8, 4) is 0 Å². The molecule has 0 saturated heterocycles. The lowest BCUT2D eigenvalue weighted by Crippen LogP contribution is -2.31. The zero-order valence-electron chi connectivity index (χ0n) is 13.2. The monoisotopic (exact) mass is 285 g/mol. The molecular weight excluding hydrogens is 254 g/mol. The second-order valence-electron chi connectivity index (χ2n) is 5.48. The highest BCUT2D eigenvalue weighted by molar-refractivity contribution is 5.73. The lowest BCUT2D eigenvalue weighted by molar-refractivity contribution is -0.138. The van der Waals surface area contributed by atoms with Crippen LogP contribution >= 0.6 is 0 Å². The van der Waals surface area contributed by atoms with E-state index in [1.165, 1.54) is 38.5 Å². The van der Waals surface area contributed by atoms with E-state index in [0.29, 0.717) is 13.0 Å². The van der Waals surface area contributed by atoms with Crippen molar-refractivity contribution in [2.24, 2.45) is 0 Å². The molecule has 1 amide bonds. The maximum Gasteiger partial charge on any atom is 0.303 e. The third-order valence-electron chi connectivity index (χ3n) is 3.55. The number of aliphatic carboxylic acids is 1. The summed E-state index contributed by atoms with van der Waals surface area (Å²) in [5.74, 6) is -0.737. The lowest BCUT2D eigenvalue weighted by Gasteiger charge is -2.20. The van der Waals surface area contributed by atoms with Crippen LogP contribution < -0.4 is 0 Å². The Kier molecular flexibility index (Phi) is 12.3. The quantitative estimate of drug-likeness (QED) is 0.523. The Bertz CT molecular complexity index is 266. The van der Waals surface area contributed by atoms with Crippen LogP contribution in [0.2, 0.25) is 0 Å². The fourth-order valence-corrected chi connectivity index (χ4v) is 2.28. The first-order valence-electron chi connectivity index (χ1n) is 8.05. The molecule has 0 aliphatic carbocycles. The van der Waals surface area contributed by atoms with E-state index in [-0.39, 0.29) is 12.3 Å². The van der Waals surface area contributed by atoms with Crippen LogP contribution in [0.15, 0.2) is 0 Å². The summed E-state index contributed by atoms with van der Waals surface area (Å²) in [6.07, 6.45) is 10.7. The topological polar surface area (TPSA) is 57.6 Å². The molecule has 0 spiro atoms. The first-order valence-corrected chi connectivity index (χ1v) is 8.05. The second-order valence-corrected chi connectivity index (χ2v) is 5.48. The molecular formula is C16H31NO3. The molecule has 4 heteroatoms. The summed E-state index contributed by atoms with van der Waals surface area (Å²) >= 11 is 0. The summed E-state index contributed by atoms with van der Waals surface area (Å²) in [6, 6.07) is 0. The van der Waals surface area contributed by atoms with Gasteiger partial charge in [-0.05, 0) is 12.8 Å². The standard InChI is InChI=1S/C16H31NO3/c1-3-4-5-6-7-8-9-10-13-17(15(2)18)14-11-12-16(19)20/h3-14H2,1-2H3,(H,19,20). The smallest absolute Gasteiger partial charge is 0.303 e. The number of carbonyl (C=O) groups excluding carboxylic acids is 1. The Hall–Kier alpha value is -1.06. The highest BCUT2D eigenvalue weighted by atomic mass is 16.4. The summed E-state index contributed by atoms with van der Waals surface area (Å²) < 4.78 is 0. The molecule has 1 N–H and O–H groups in total. The molecule has 0 aliphatic heterocycles. The van der Waals surface area contributed by atoms with E-state index < -0.39 is 5.97 Å². The fourth-order valence-electron chi connectivity index (χ4n) is 2.28. The van der Waals surface area contributed by atoms with Crippen molar-refractivity contribution in [1.29, 1.82) is 0 Å². The van der Waals surface area contributed by atoms with Crippen LogP contribution in [0.3, 0.4) is 0 Å². The number of amides is 1. The molecule has 0 atom stereocenters. The van der Waals surface area contributed by atoms with Gasteiger partial charge in [0.2, 0.25) is 5.91 Å². The van der Waals surface area contributed by atoms with Gasteiger partial charge >= 0.3 is 5.97 Å². The van der Waals surface area contributed by atoms with Crippen LogP contribution in [0, 0.1) is 0 Å². The van der Waals surface area contributed by atoms with Crippen molar-refractivity contribution in [2.45, 2.75) is 78.1 Å². The summed E-state index contributed by atoms with van der Waals surface area (Å²) in [7, 11) is 0. The van der Waals surface area contributed by atoms with Gasteiger partial charge < -0.3 is 10.0 Å². The largest absolute Gasteiger partial charge is 0.481 e. The average molecular weight is 285 g/mol. The Morgan fingerprint density at radius 1 is 0.850 bits per heavy atom. The Morgan fingerprint density at radius 2 is 1.35 bits per heavy atom. The molecule has 118 valence electrons. The number of nitrogens with zero attached hydrogens (tertiary/aromatic N) is 1. The van der Waals surface area contributed by atoms with Gasteiger partial charge in [-0.25, -0.2) is 0 Å². The highest BCUT2D eigenvalue weighted by Crippen LogP contribution is 2.09. The molecule has 4 nitrogen and oxygen atoms in total. The second kappa shape index (κ2) is 12.9. The molecule has 0 bridgehead atoms. The fraction of sp³-hybridized carbons (Fsp3) is 0.875. The maximum atomic E-state index is 11.4. The van der Waals surface area contributed by atoms with Crippen LogP contribution in [-0.4, -0.2) is 35.0 Å². The summed E-state index contributed by atoms with van der Waals surface area (Å²) in [5, 5.41) is 8.60. The number of carboxylic acids is 1. The lowest BCUT2D eigenvalue weighted by atomic mass is 10.1. The Morgan fingerprint density at radius 3 is 1.85 bits per heavy atom. The normalized spacial score (nSPS) is 10.5. The summed E-state index contributed by atoms with van der Waals surface area (Å²) in [5.41, 5.74) is 0. The van der Waals surface area contributed by atoms with Gasteiger partial charge in [-0.3, -0.25) is 9.59 Å². The van der Waals surface area contributed by atoms with Gasteiger partial charge in [-0.15, -0.1) is 0 Å². The molecule has 0 heterocycles. The Balaban J connectivity index is 3.55. The van der Waals surface area contributed by atoms with Gasteiger partial charge in [-0.1, -0.05) is 51.9 Å². The van der Waals surface area contributed by atoms with Crippen LogP contribution in [0.4, 0.5) is 0 Å². The van der Waals surface area contributed by atoms with Crippen LogP contribution in [0.25, 0.3) is 0 Å². The number of carboxylic acid groups (broad SMARTS) is 1. The molecule has 0 radical (unpaired) electrons. The van der Waals surface area contributed by atoms with E-state index in [9.17, 15) is 9.59 Å². The van der Waals surface area contributed by atoms with Crippen LogP contribution in [0.1, 0.15) is 78.1 Å².